The third-order valence-electron chi connectivity index (χ3n) is 3.11. The topological polar surface area (TPSA) is 39.1 Å². The molecule has 1 aromatic rings. The Morgan fingerprint density at radius 2 is 2.10 bits per heavy atom. The Labute approximate surface area is 127 Å². The molecule has 0 spiro atoms. The van der Waals surface area contributed by atoms with Gasteiger partial charge in [0.25, 0.3) is 0 Å². The molecule has 0 aliphatic rings. The predicted molar refractivity (Wildman–Crippen MR) is 87.8 cm³/mol. The molecule has 1 rings (SSSR count). The predicted octanol–water partition coefficient (Wildman–Crippen LogP) is 3.66. The Kier molecular flexibility index (Phi) is 8.07. The molecule has 5 heteroatoms. The van der Waals surface area contributed by atoms with Crippen LogP contribution in [0.15, 0.2) is 6.20 Å². The minimum atomic E-state index is 0.298. The van der Waals surface area contributed by atoms with Crippen molar-refractivity contribution in [3.8, 4) is 5.75 Å². The molecule has 0 saturated heterocycles. The average molecular weight is 299 g/mol. The molecule has 1 heterocycles. The van der Waals surface area contributed by atoms with E-state index in [0.29, 0.717) is 12.1 Å². The molecule has 1 N–H and O–H groups in total. The molecular formula is C15H29N3OS. The fraction of sp³-hybridized carbons (Fsp3) is 0.800. The summed E-state index contributed by atoms with van der Waals surface area (Å²) in [4.78, 5) is 0. The molecule has 1 unspecified atom stereocenters. The van der Waals surface area contributed by atoms with Crippen molar-refractivity contribution >= 4 is 11.8 Å². The fourth-order valence-corrected chi connectivity index (χ4v) is 3.12. The van der Waals surface area contributed by atoms with E-state index in [9.17, 15) is 0 Å². The van der Waals surface area contributed by atoms with Crippen molar-refractivity contribution in [3.05, 3.63) is 11.9 Å². The molecule has 0 amide bonds. The van der Waals surface area contributed by atoms with E-state index in [1.165, 1.54) is 17.9 Å². The van der Waals surface area contributed by atoms with E-state index < -0.39 is 0 Å². The van der Waals surface area contributed by atoms with Gasteiger partial charge < -0.3 is 10.1 Å². The van der Waals surface area contributed by atoms with Gasteiger partial charge in [-0.1, -0.05) is 13.8 Å². The van der Waals surface area contributed by atoms with Crippen LogP contribution < -0.4 is 10.1 Å². The Morgan fingerprint density at radius 3 is 2.65 bits per heavy atom. The van der Waals surface area contributed by atoms with Crippen LogP contribution in [0.2, 0.25) is 0 Å². The van der Waals surface area contributed by atoms with E-state index in [1.54, 1.807) is 7.11 Å². The van der Waals surface area contributed by atoms with Crippen LogP contribution in [-0.2, 0) is 0 Å². The summed E-state index contributed by atoms with van der Waals surface area (Å²) in [6, 6.07) is 0.641. The van der Waals surface area contributed by atoms with Crippen LogP contribution in [0, 0.1) is 0 Å². The molecule has 116 valence electrons. The summed E-state index contributed by atoms with van der Waals surface area (Å²) in [6.07, 6.45) is 4.18. The van der Waals surface area contributed by atoms with Crippen molar-refractivity contribution in [1.82, 2.24) is 15.1 Å². The normalized spacial score (nSPS) is 12.9. The van der Waals surface area contributed by atoms with Crippen LogP contribution >= 0.6 is 11.8 Å². The quantitative estimate of drug-likeness (QED) is 0.669. The van der Waals surface area contributed by atoms with E-state index in [2.05, 4.69) is 42.8 Å². The molecule has 0 fully saturated rings. The Balaban J connectivity index is 2.94. The molecule has 1 aromatic heterocycles. The van der Waals surface area contributed by atoms with Crippen LogP contribution in [-0.4, -0.2) is 34.9 Å². The first kappa shape index (κ1) is 17.4. The van der Waals surface area contributed by atoms with Gasteiger partial charge >= 0.3 is 0 Å². The van der Waals surface area contributed by atoms with Gasteiger partial charge in [-0.05, 0) is 39.0 Å². The third-order valence-corrected chi connectivity index (χ3v) is 4.38. The average Bonchev–Trinajstić information content (AvgIpc) is 2.86. The van der Waals surface area contributed by atoms with Crippen molar-refractivity contribution in [2.24, 2.45) is 0 Å². The van der Waals surface area contributed by atoms with E-state index in [-0.39, 0.29) is 0 Å². The van der Waals surface area contributed by atoms with Gasteiger partial charge in [-0.15, -0.1) is 0 Å². The first-order valence-electron chi connectivity index (χ1n) is 7.58. The molecule has 0 aliphatic carbocycles. The molecule has 0 radical (unpaired) electrons. The largest absolute Gasteiger partial charge is 0.493 e. The lowest BCUT2D eigenvalue weighted by atomic mass is 10.2. The van der Waals surface area contributed by atoms with Crippen LogP contribution in [0.3, 0.4) is 0 Å². The maximum Gasteiger partial charge on any atom is 0.161 e. The number of nitrogens with zero attached hydrogens (tertiary/aromatic N) is 2. The van der Waals surface area contributed by atoms with E-state index in [1.807, 2.05) is 18.0 Å². The summed E-state index contributed by atoms with van der Waals surface area (Å²) >= 11 is 1.99. The first-order chi connectivity index (χ1) is 9.65. The van der Waals surface area contributed by atoms with E-state index >= 15 is 0 Å². The van der Waals surface area contributed by atoms with Gasteiger partial charge in [0.1, 0.15) is 0 Å². The molecule has 0 aliphatic heterocycles. The number of nitrogens with one attached hydrogen (secondary N) is 1. The van der Waals surface area contributed by atoms with Crippen molar-refractivity contribution in [1.29, 1.82) is 0 Å². The highest BCUT2D eigenvalue weighted by Crippen LogP contribution is 2.29. The molecule has 20 heavy (non-hydrogen) atoms. The van der Waals surface area contributed by atoms with Crippen LogP contribution in [0.1, 0.15) is 58.3 Å². The summed E-state index contributed by atoms with van der Waals surface area (Å²) < 4.78 is 7.59. The smallest absolute Gasteiger partial charge is 0.161 e. The number of methoxy groups -OCH3 is 1. The number of ether oxygens (including phenoxy) is 1. The van der Waals surface area contributed by atoms with E-state index in [4.69, 9.17) is 4.74 Å². The highest BCUT2D eigenvalue weighted by atomic mass is 32.2. The minimum absolute atomic E-state index is 0.298. The van der Waals surface area contributed by atoms with Gasteiger partial charge in [-0.25, -0.2) is 0 Å². The number of aromatic nitrogens is 2. The van der Waals surface area contributed by atoms with Crippen molar-refractivity contribution in [2.75, 3.05) is 25.2 Å². The number of hydrogen-bond acceptors (Lipinski definition) is 4. The second-order valence-electron chi connectivity index (χ2n) is 5.22. The van der Waals surface area contributed by atoms with Gasteiger partial charge in [-0.2, -0.15) is 16.9 Å². The van der Waals surface area contributed by atoms with Crippen LogP contribution in [0.5, 0.6) is 5.75 Å². The summed E-state index contributed by atoms with van der Waals surface area (Å²) in [6.45, 7) is 9.75. The molecular weight excluding hydrogens is 270 g/mol. The zero-order valence-electron chi connectivity index (χ0n) is 13.5. The van der Waals surface area contributed by atoms with E-state index in [0.717, 1.165) is 24.5 Å². The van der Waals surface area contributed by atoms with Gasteiger partial charge in [-0.3, -0.25) is 4.68 Å². The molecule has 0 bridgehead atoms. The zero-order chi connectivity index (χ0) is 15.0. The third kappa shape index (κ3) is 4.70. The number of thioether (sulfide) groups is 1. The lowest BCUT2D eigenvalue weighted by Crippen LogP contribution is -2.27. The number of rotatable bonds is 10. The second-order valence-corrected chi connectivity index (χ2v) is 6.37. The van der Waals surface area contributed by atoms with Crippen LogP contribution in [0.4, 0.5) is 0 Å². The van der Waals surface area contributed by atoms with Gasteiger partial charge in [0.2, 0.25) is 0 Å². The highest BCUT2D eigenvalue weighted by molar-refractivity contribution is 7.99. The minimum Gasteiger partial charge on any atom is -0.493 e. The van der Waals surface area contributed by atoms with Gasteiger partial charge in [0.05, 0.1) is 25.0 Å². The maximum atomic E-state index is 5.51. The second kappa shape index (κ2) is 9.29. The maximum absolute atomic E-state index is 5.51. The summed E-state index contributed by atoms with van der Waals surface area (Å²) in [5.74, 6) is 3.15. The Hall–Kier alpha value is -0.680. The lowest BCUT2D eigenvalue weighted by Gasteiger charge is -2.22. The standard InChI is InChI=1S/C15H29N3OS/c1-6-8-16-13(11-20-9-7-2)15-14(19-5)10-17-18(15)12(3)4/h10,12-13,16H,6-9,11H2,1-5H3. The molecule has 0 saturated carbocycles. The Bertz CT molecular complexity index is 379. The van der Waals surface area contributed by atoms with Crippen molar-refractivity contribution < 1.29 is 4.74 Å². The molecule has 4 nitrogen and oxygen atoms in total. The lowest BCUT2D eigenvalue weighted by molar-refractivity contribution is 0.390. The molecule has 1 atom stereocenters. The van der Waals surface area contributed by atoms with Crippen molar-refractivity contribution in [3.63, 3.8) is 0 Å². The molecule has 0 aromatic carbocycles. The van der Waals surface area contributed by atoms with Crippen molar-refractivity contribution in [2.45, 2.75) is 52.6 Å². The Morgan fingerprint density at radius 1 is 1.35 bits per heavy atom. The summed E-state index contributed by atoms with van der Waals surface area (Å²) in [5, 5.41) is 8.13. The summed E-state index contributed by atoms with van der Waals surface area (Å²) in [7, 11) is 1.72. The highest BCUT2D eigenvalue weighted by Gasteiger charge is 2.22. The van der Waals surface area contributed by atoms with Gasteiger partial charge in [0.15, 0.2) is 5.75 Å². The SMILES string of the molecule is CCCNC(CSCCC)c1c(OC)cnn1C(C)C. The zero-order valence-corrected chi connectivity index (χ0v) is 14.3. The van der Waals surface area contributed by atoms with Crippen LogP contribution in [0.25, 0.3) is 0 Å². The first-order valence-corrected chi connectivity index (χ1v) is 8.73. The summed E-state index contributed by atoms with van der Waals surface area (Å²) in [5.41, 5.74) is 1.18. The number of hydrogen-bond donors (Lipinski definition) is 1. The van der Waals surface area contributed by atoms with Gasteiger partial charge in [0, 0.05) is 11.8 Å². The monoisotopic (exact) mass is 299 g/mol. The fourth-order valence-electron chi connectivity index (χ4n) is 2.15.